The van der Waals surface area contributed by atoms with E-state index in [-0.39, 0.29) is 0 Å². The summed E-state index contributed by atoms with van der Waals surface area (Å²) in [5.74, 6) is 1.20. The minimum Gasteiger partial charge on any atom is -0.383 e. The van der Waals surface area contributed by atoms with Gasteiger partial charge in [-0.2, -0.15) is 0 Å². The van der Waals surface area contributed by atoms with Gasteiger partial charge >= 0.3 is 0 Å². The van der Waals surface area contributed by atoms with E-state index in [9.17, 15) is 0 Å². The van der Waals surface area contributed by atoms with Gasteiger partial charge in [-0.3, -0.25) is 9.47 Å². The highest BCUT2D eigenvalue weighted by Gasteiger charge is 2.36. The summed E-state index contributed by atoms with van der Waals surface area (Å²) in [5, 5.41) is 3.57. The molecule has 0 amide bonds. The minimum absolute atomic E-state index is 0.453. The number of rotatable bonds is 5. The Morgan fingerprint density at radius 3 is 2.34 bits per heavy atom. The van der Waals surface area contributed by atoms with Crippen LogP contribution in [0, 0.1) is 5.41 Å². The molecule has 1 spiro atoms. The third kappa shape index (κ3) is 5.47. The highest BCUT2D eigenvalue weighted by Crippen LogP contribution is 2.37. The highest BCUT2D eigenvalue weighted by atomic mass is 15.1. The Kier molecular flexibility index (Phi) is 7.81. The number of anilines is 1. The zero-order chi connectivity index (χ0) is 28.2. The first-order valence-electron chi connectivity index (χ1n) is 14.9. The molecule has 0 radical (unpaired) electrons. The first-order valence-corrected chi connectivity index (χ1v) is 14.9. The molecule has 41 heavy (non-hydrogen) atoms. The van der Waals surface area contributed by atoms with Crippen molar-refractivity contribution < 1.29 is 0 Å². The van der Waals surface area contributed by atoms with Crippen molar-refractivity contribution in [1.82, 2.24) is 29.7 Å². The van der Waals surface area contributed by atoms with Gasteiger partial charge in [-0.15, -0.1) is 0 Å². The number of piperidine rings is 1. The molecule has 7 rings (SSSR count). The van der Waals surface area contributed by atoms with E-state index in [1.807, 2.05) is 56.3 Å². The summed E-state index contributed by atoms with van der Waals surface area (Å²) >= 11 is 0. The summed E-state index contributed by atoms with van der Waals surface area (Å²) in [4.78, 5) is 17.0. The molecule has 2 aliphatic heterocycles. The molecule has 3 N–H and O–H groups in total. The summed E-state index contributed by atoms with van der Waals surface area (Å²) in [6.07, 6.45) is 5.63. The zero-order valence-corrected chi connectivity index (χ0v) is 24.1. The smallest absolute Gasteiger partial charge is 0.165 e. The summed E-state index contributed by atoms with van der Waals surface area (Å²) in [6, 6.07) is 27.0. The lowest BCUT2D eigenvalue weighted by Crippen LogP contribution is -2.40. The minimum atomic E-state index is 0.453. The van der Waals surface area contributed by atoms with Crippen LogP contribution in [0.3, 0.4) is 0 Å². The molecule has 0 saturated carbocycles. The molecule has 3 aromatic heterocycles. The quantitative estimate of drug-likeness (QED) is 0.268. The van der Waals surface area contributed by atoms with Gasteiger partial charge in [0.05, 0.1) is 11.3 Å². The number of hydrogen-bond donors (Lipinski definition) is 2. The molecule has 210 valence electrons. The van der Waals surface area contributed by atoms with E-state index < -0.39 is 0 Å². The fourth-order valence-electron chi connectivity index (χ4n) is 6.18. The van der Waals surface area contributed by atoms with Crippen LogP contribution in [0.5, 0.6) is 0 Å². The van der Waals surface area contributed by atoms with Crippen LogP contribution in [0.2, 0.25) is 0 Å². The molecular formula is C34H39N7. The Bertz CT molecular complexity index is 1590. The topological polar surface area (TPSA) is 84.9 Å². The molecule has 0 bridgehead atoms. The molecule has 7 nitrogen and oxygen atoms in total. The molecule has 7 heteroatoms. The lowest BCUT2D eigenvalue weighted by Gasteiger charge is -2.38. The largest absolute Gasteiger partial charge is 0.383 e. The van der Waals surface area contributed by atoms with Crippen molar-refractivity contribution in [3.63, 3.8) is 0 Å². The van der Waals surface area contributed by atoms with Crippen molar-refractivity contribution in [3.05, 3.63) is 90.6 Å². The number of nitrogens with one attached hydrogen (secondary N) is 1. The second-order valence-corrected chi connectivity index (χ2v) is 11.0. The molecule has 0 atom stereocenters. The molecule has 0 aliphatic carbocycles. The molecule has 2 saturated heterocycles. The van der Waals surface area contributed by atoms with Crippen LogP contribution >= 0.6 is 0 Å². The Morgan fingerprint density at radius 1 is 0.854 bits per heavy atom. The van der Waals surface area contributed by atoms with Gasteiger partial charge < -0.3 is 11.1 Å². The van der Waals surface area contributed by atoms with Crippen molar-refractivity contribution in [2.75, 3.05) is 31.9 Å². The number of nitrogens with zero attached hydrogens (tertiary/aromatic N) is 5. The second kappa shape index (κ2) is 11.8. The van der Waals surface area contributed by atoms with E-state index in [0.717, 1.165) is 46.0 Å². The van der Waals surface area contributed by atoms with Gasteiger partial charge in [-0.1, -0.05) is 56.3 Å². The maximum absolute atomic E-state index is 6.32. The Balaban J connectivity index is 0.00000148. The molecule has 5 aromatic rings. The fourth-order valence-corrected chi connectivity index (χ4v) is 6.18. The van der Waals surface area contributed by atoms with Crippen molar-refractivity contribution in [1.29, 1.82) is 0 Å². The molecule has 5 heterocycles. The lowest BCUT2D eigenvalue weighted by atomic mass is 9.78. The molecular weight excluding hydrogens is 506 g/mol. The average molecular weight is 546 g/mol. The van der Waals surface area contributed by atoms with Crippen molar-refractivity contribution in [2.45, 2.75) is 39.7 Å². The molecule has 2 aliphatic rings. The van der Waals surface area contributed by atoms with Crippen LogP contribution in [0.15, 0.2) is 85.1 Å². The van der Waals surface area contributed by atoms with E-state index in [1.165, 1.54) is 51.0 Å². The van der Waals surface area contributed by atoms with E-state index in [4.69, 9.17) is 15.7 Å². The van der Waals surface area contributed by atoms with Gasteiger partial charge in [0.1, 0.15) is 11.3 Å². The van der Waals surface area contributed by atoms with Crippen LogP contribution < -0.4 is 11.1 Å². The van der Waals surface area contributed by atoms with E-state index in [1.54, 1.807) is 6.20 Å². The number of benzene rings is 2. The number of nitrogen functional groups attached to an aromatic ring is 1. The standard InChI is InChI=1S/C32H33N7.C2H6/c33-29-26(7-4-17-35-29)30-37-28-13-12-27(24-5-2-1-3-6-24)36-31(28)39(30)25-10-8-23(9-11-25)21-38-19-15-32(16-20-38)14-18-34-22-32;1-2/h1-13,17,34H,14-16,18-22H2,(H2,33,35);1-2H3. The van der Waals surface area contributed by atoms with Gasteiger partial charge in [0.15, 0.2) is 11.5 Å². The summed E-state index contributed by atoms with van der Waals surface area (Å²) in [6.45, 7) is 9.70. The Morgan fingerprint density at radius 2 is 1.63 bits per heavy atom. The number of imidazole rings is 1. The third-order valence-corrected chi connectivity index (χ3v) is 8.50. The lowest BCUT2D eigenvalue weighted by molar-refractivity contribution is 0.114. The zero-order valence-electron chi connectivity index (χ0n) is 24.1. The predicted molar refractivity (Wildman–Crippen MR) is 168 cm³/mol. The van der Waals surface area contributed by atoms with E-state index in [2.05, 4.69) is 56.2 Å². The van der Waals surface area contributed by atoms with Gasteiger partial charge in [0.2, 0.25) is 0 Å². The first kappa shape index (κ1) is 27.1. The monoisotopic (exact) mass is 545 g/mol. The molecule has 0 unspecified atom stereocenters. The summed E-state index contributed by atoms with van der Waals surface area (Å²) < 4.78 is 2.11. The van der Waals surface area contributed by atoms with Crippen LogP contribution in [0.4, 0.5) is 5.82 Å². The van der Waals surface area contributed by atoms with Gasteiger partial charge in [0, 0.05) is 30.5 Å². The van der Waals surface area contributed by atoms with E-state index in [0.29, 0.717) is 11.2 Å². The molecule has 2 fully saturated rings. The maximum atomic E-state index is 6.32. The average Bonchev–Trinajstić information content (AvgIpc) is 3.65. The number of nitrogens with two attached hydrogens (primary N) is 1. The number of fused-ring (bicyclic) bond motifs is 1. The van der Waals surface area contributed by atoms with Crippen LogP contribution in [-0.4, -0.2) is 50.6 Å². The van der Waals surface area contributed by atoms with Crippen molar-refractivity contribution in [2.24, 2.45) is 5.41 Å². The maximum Gasteiger partial charge on any atom is 0.165 e. The number of aromatic nitrogens is 4. The number of hydrogen-bond acceptors (Lipinski definition) is 6. The van der Waals surface area contributed by atoms with Crippen molar-refractivity contribution >= 4 is 17.0 Å². The molecule has 2 aromatic carbocycles. The number of likely N-dealkylation sites (tertiary alicyclic amines) is 1. The summed E-state index contributed by atoms with van der Waals surface area (Å²) in [7, 11) is 0. The third-order valence-electron chi connectivity index (χ3n) is 8.50. The Labute approximate surface area is 242 Å². The normalized spacial score (nSPS) is 16.5. The van der Waals surface area contributed by atoms with Crippen LogP contribution in [0.1, 0.15) is 38.7 Å². The van der Waals surface area contributed by atoms with Gasteiger partial charge in [0.25, 0.3) is 0 Å². The highest BCUT2D eigenvalue weighted by molar-refractivity contribution is 5.84. The number of pyridine rings is 2. The van der Waals surface area contributed by atoms with E-state index >= 15 is 0 Å². The summed E-state index contributed by atoms with van der Waals surface area (Å²) in [5.41, 5.74) is 13.6. The van der Waals surface area contributed by atoms with Crippen LogP contribution in [0.25, 0.3) is 39.5 Å². The van der Waals surface area contributed by atoms with Gasteiger partial charge in [-0.25, -0.2) is 15.0 Å². The SMILES string of the molecule is CC.Nc1ncccc1-c1nc2ccc(-c3ccccc3)nc2n1-c1ccc(CN2CCC3(CCNC3)CC2)cc1. The van der Waals surface area contributed by atoms with Crippen molar-refractivity contribution in [3.8, 4) is 28.3 Å². The first-order chi connectivity index (χ1) is 20.2. The second-order valence-electron chi connectivity index (χ2n) is 11.0. The Hall–Kier alpha value is -4.07. The fraction of sp³-hybridized carbons (Fsp3) is 0.324. The predicted octanol–water partition coefficient (Wildman–Crippen LogP) is 6.33. The van der Waals surface area contributed by atoms with Crippen LogP contribution in [-0.2, 0) is 6.54 Å². The van der Waals surface area contributed by atoms with Gasteiger partial charge in [-0.05, 0) is 86.3 Å².